The number of rotatable bonds is 3. The first-order chi connectivity index (χ1) is 8.61. The molecule has 0 aromatic carbocycles. The van der Waals surface area contributed by atoms with E-state index >= 15 is 0 Å². The summed E-state index contributed by atoms with van der Waals surface area (Å²) in [5.41, 5.74) is 1.53. The van der Waals surface area contributed by atoms with Crippen LogP contribution >= 0.6 is 23.1 Å². The molecule has 0 atom stereocenters. The number of hydrogen-bond donors (Lipinski definition) is 1. The van der Waals surface area contributed by atoms with Gasteiger partial charge in [0.05, 0.1) is 11.3 Å². The molecule has 0 bridgehead atoms. The standard InChI is InChI=1S/C12H13N3OS2/c1-7-8(2)18-12(14-7)15-10(16)9-5-4-6-13-11(9)17-3/h4-6H,1-3H3,(H,14,15,16). The van der Waals surface area contributed by atoms with Crippen LogP contribution in [0.25, 0.3) is 0 Å². The second-order valence-corrected chi connectivity index (χ2v) is 5.67. The lowest BCUT2D eigenvalue weighted by molar-refractivity contribution is 0.102. The molecular weight excluding hydrogens is 266 g/mol. The quantitative estimate of drug-likeness (QED) is 0.877. The van der Waals surface area contributed by atoms with Crippen LogP contribution in [0.3, 0.4) is 0 Å². The van der Waals surface area contributed by atoms with Crippen molar-refractivity contribution >= 4 is 34.1 Å². The Bertz CT molecular complexity index is 561. The topological polar surface area (TPSA) is 54.9 Å². The summed E-state index contributed by atoms with van der Waals surface area (Å²) in [4.78, 5) is 21.7. The zero-order valence-electron chi connectivity index (χ0n) is 10.4. The molecular formula is C12H13N3OS2. The third kappa shape index (κ3) is 2.70. The van der Waals surface area contributed by atoms with Gasteiger partial charge >= 0.3 is 0 Å². The van der Waals surface area contributed by atoms with Gasteiger partial charge in [0, 0.05) is 11.1 Å². The highest BCUT2D eigenvalue weighted by Gasteiger charge is 2.13. The highest BCUT2D eigenvalue weighted by atomic mass is 32.2. The highest BCUT2D eigenvalue weighted by molar-refractivity contribution is 7.98. The summed E-state index contributed by atoms with van der Waals surface area (Å²) < 4.78 is 0. The Hall–Kier alpha value is -1.40. The number of thiazole rings is 1. The Kier molecular flexibility index (Phi) is 3.98. The van der Waals surface area contributed by atoms with Gasteiger partial charge in [0.1, 0.15) is 5.03 Å². The van der Waals surface area contributed by atoms with Crippen molar-refractivity contribution in [2.75, 3.05) is 11.6 Å². The zero-order chi connectivity index (χ0) is 13.1. The van der Waals surface area contributed by atoms with Crippen LogP contribution in [-0.4, -0.2) is 22.1 Å². The second-order valence-electron chi connectivity index (χ2n) is 3.67. The molecule has 2 aromatic rings. The van der Waals surface area contributed by atoms with E-state index in [0.29, 0.717) is 10.7 Å². The maximum Gasteiger partial charge on any atom is 0.260 e. The molecule has 2 heterocycles. The van der Waals surface area contributed by atoms with Crippen LogP contribution in [-0.2, 0) is 0 Å². The largest absolute Gasteiger partial charge is 0.298 e. The number of thioether (sulfide) groups is 1. The molecule has 18 heavy (non-hydrogen) atoms. The van der Waals surface area contributed by atoms with Gasteiger partial charge in [-0.25, -0.2) is 9.97 Å². The van der Waals surface area contributed by atoms with Crippen LogP contribution < -0.4 is 5.32 Å². The molecule has 1 N–H and O–H groups in total. The van der Waals surface area contributed by atoms with E-state index in [-0.39, 0.29) is 5.91 Å². The van der Waals surface area contributed by atoms with Gasteiger partial charge in [0.15, 0.2) is 5.13 Å². The molecule has 2 rings (SSSR count). The summed E-state index contributed by atoms with van der Waals surface area (Å²) in [6.07, 6.45) is 3.58. The van der Waals surface area contributed by atoms with Gasteiger partial charge < -0.3 is 0 Å². The summed E-state index contributed by atoms with van der Waals surface area (Å²) in [7, 11) is 0. The van der Waals surface area contributed by atoms with E-state index in [9.17, 15) is 4.79 Å². The van der Waals surface area contributed by atoms with Crippen molar-refractivity contribution in [3.8, 4) is 0 Å². The molecule has 4 nitrogen and oxygen atoms in total. The van der Waals surface area contributed by atoms with Gasteiger partial charge in [0.25, 0.3) is 5.91 Å². The predicted molar refractivity (Wildman–Crippen MR) is 75.6 cm³/mol. The molecule has 0 radical (unpaired) electrons. The molecule has 1 amide bonds. The smallest absolute Gasteiger partial charge is 0.260 e. The zero-order valence-corrected chi connectivity index (χ0v) is 12.0. The van der Waals surface area contributed by atoms with Gasteiger partial charge in [-0.05, 0) is 32.2 Å². The van der Waals surface area contributed by atoms with Gasteiger partial charge in [-0.1, -0.05) is 0 Å². The Morgan fingerprint density at radius 1 is 1.44 bits per heavy atom. The third-order valence-corrected chi connectivity index (χ3v) is 4.16. The lowest BCUT2D eigenvalue weighted by Crippen LogP contribution is -2.13. The van der Waals surface area contributed by atoms with Crippen molar-refractivity contribution in [1.82, 2.24) is 9.97 Å². The summed E-state index contributed by atoms with van der Waals surface area (Å²) >= 11 is 2.93. The normalized spacial score (nSPS) is 10.4. The number of hydrogen-bond acceptors (Lipinski definition) is 5. The van der Waals surface area contributed by atoms with Crippen molar-refractivity contribution < 1.29 is 4.79 Å². The van der Waals surface area contributed by atoms with Crippen molar-refractivity contribution in [1.29, 1.82) is 0 Å². The molecule has 0 fully saturated rings. The van der Waals surface area contributed by atoms with Crippen LogP contribution in [0.5, 0.6) is 0 Å². The minimum atomic E-state index is -0.166. The minimum absolute atomic E-state index is 0.166. The van der Waals surface area contributed by atoms with Crippen molar-refractivity contribution in [2.24, 2.45) is 0 Å². The molecule has 94 valence electrons. The van der Waals surface area contributed by atoms with E-state index < -0.39 is 0 Å². The van der Waals surface area contributed by atoms with Gasteiger partial charge in [-0.15, -0.1) is 23.1 Å². The summed E-state index contributed by atoms with van der Waals surface area (Å²) in [6.45, 7) is 3.92. The third-order valence-electron chi connectivity index (χ3n) is 2.46. The van der Waals surface area contributed by atoms with Crippen LogP contribution in [0.1, 0.15) is 20.9 Å². The first-order valence-corrected chi connectivity index (χ1v) is 7.40. The molecule has 0 spiro atoms. The van der Waals surface area contributed by atoms with E-state index in [0.717, 1.165) is 15.6 Å². The minimum Gasteiger partial charge on any atom is -0.298 e. The van der Waals surface area contributed by atoms with Crippen molar-refractivity contribution in [2.45, 2.75) is 18.9 Å². The maximum atomic E-state index is 12.1. The lowest BCUT2D eigenvalue weighted by Gasteiger charge is -2.04. The lowest BCUT2D eigenvalue weighted by atomic mass is 10.3. The van der Waals surface area contributed by atoms with E-state index in [1.807, 2.05) is 20.1 Å². The molecule has 0 aliphatic heterocycles. The molecule has 0 aliphatic rings. The number of aryl methyl sites for hydroxylation is 2. The van der Waals surface area contributed by atoms with Crippen molar-refractivity contribution in [3.63, 3.8) is 0 Å². The Morgan fingerprint density at radius 3 is 2.83 bits per heavy atom. The summed E-state index contributed by atoms with van der Waals surface area (Å²) in [5, 5.41) is 4.16. The number of carbonyl (C=O) groups excluding carboxylic acids is 1. The number of nitrogens with one attached hydrogen (secondary N) is 1. The molecule has 2 aromatic heterocycles. The Morgan fingerprint density at radius 2 is 2.22 bits per heavy atom. The number of carbonyl (C=O) groups is 1. The first-order valence-electron chi connectivity index (χ1n) is 5.36. The predicted octanol–water partition coefficient (Wildman–Crippen LogP) is 3.13. The fraction of sp³-hybridized carbons (Fsp3) is 0.250. The van der Waals surface area contributed by atoms with Crippen molar-refractivity contribution in [3.05, 3.63) is 34.5 Å². The number of pyridine rings is 1. The SMILES string of the molecule is CSc1ncccc1C(=O)Nc1nc(C)c(C)s1. The van der Waals surface area contributed by atoms with Gasteiger partial charge in [0.2, 0.25) is 0 Å². The second kappa shape index (κ2) is 5.49. The van der Waals surface area contributed by atoms with Crippen LogP contribution in [0.2, 0.25) is 0 Å². The molecule has 0 aliphatic carbocycles. The fourth-order valence-corrected chi connectivity index (χ4v) is 2.77. The molecule has 6 heteroatoms. The number of amides is 1. The number of anilines is 1. The van der Waals surface area contributed by atoms with Gasteiger partial charge in [-0.2, -0.15) is 0 Å². The molecule has 0 saturated carbocycles. The first kappa shape index (κ1) is 13.0. The van der Waals surface area contributed by atoms with E-state index in [2.05, 4.69) is 15.3 Å². The average Bonchev–Trinajstić information content (AvgIpc) is 2.68. The Labute approximate surface area is 114 Å². The Balaban J connectivity index is 2.22. The fourth-order valence-electron chi connectivity index (χ4n) is 1.42. The number of nitrogens with zero attached hydrogens (tertiary/aromatic N) is 2. The van der Waals surface area contributed by atoms with Gasteiger partial charge in [-0.3, -0.25) is 10.1 Å². The molecule has 0 unspecified atom stereocenters. The van der Waals surface area contributed by atoms with E-state index in [1.165, 1.54) is 23.1 Å². The van der Waals surface area contributed by atoms with Crippen LogP contribution in [0.15, 0.2) is 23.4 Å². The average molecular weight is 279 g/mol. The maximum absolute atomic E-state index is 12.1. The van der Waals surface area contributed by atoms with E-state index in [1.54, 1.807) is 18.3 Å². The summed E-state index contributed by atoms with van der Waals surface area (Å²) in [6, 6.07) is 3.52. The highest BCUT2D eigenvalue weighted by Crippen LogP contribution is 2.23. The molecule has 0 saturated heterocycles. The summed E-state index contributed by atoms with van der Waals surface area (Å²) in [5.74, 6) is -0.166. The van der Waals surface area contributed by atoms with E-state index in [4.69, 9.17) is 0 Å². The van der Waals surface area contributed by atoms with Crippen LogP contribution in [0, 0.1) is 13.8 Å². The van der Waals surface area contributed by atoms with Crippen LogP contribution in [0.4, 0.5) is 5.13 Å². The number of aromatic nitrogens is 2. The monoisotopic (exact) mass is 279 g/mol.